The van der Waals surface area contributed by atoms with E-state index in [9.17, 15) is 8.78 Å². The van der Waals surface area contributed by atoms with E-state index in [-0.39, 0.29) is 6.04 Å². The van der Waals surface area contributed by atoms with Crippen LogP contribution in [0.4, 0.5) is 14.5 Å². The van der Waals surface area contributed by atoms with E-state index >= 15 is 0 Å². The molecular formula is C17H19F2NS. The number of hydrogen-bond donors (Lipinski definition) is 1. The molecule has 0 radical (unpaired) electrons. The molecule has 2 aromatic carbocycles. The molecule has 0 aliphatic rings. The zero-order chi connectivity index (χ0) is 15.1. The van der Waals surface area contributed by atoms with Gasteiger partial charge in [0.1, 0.15) is 0 Å². The van der Waals surface area contributed by atoms with Crippen molar-refractivity contribution in [2.24, 2.45) is 0 Å². The molecule has 1 unspecified atom stereocenters. The van der Waals surface area contributed by atoms with E-state index in [4.69, 9.17) is 0 Å². The molecule has 1 nitrogen and oxygen atoms in total. The number of thioether (sulfide) groups is 1. The Morgan fingerprint density at radius 2 is 1.67 bits per heavy atom. The zero-order valence-corrected chi connectivity index (χ0v) is 12.7. The van der Waals surface area contributed by atoms with Crippen LogP contribution in [0.25, 0.3) is 0 Å². The van der Waals surface area contributed by atoms with Gasteiger partial charge in [0, 0.05) is 10.6 Å². The first-order valence-electron chi connectivity index (χ1n) is 7.05. The molecule has 112 valence electrons. The summed E-state index contributed by atoms with van der Waals surface area (Å²) in [7, 11) is 0. The summed E-state index contributed by atoms with van der Waals surface area (Å²) in [5.74, 6) is -2.37. The van der Waals surface area contributed by atoms with Gasteiger partial charge in [-0.25, -0.2) is 0 Å². The fraction of sp³-hybridized carbons (Fsp3) is 0.294. The number of halogens is 2. The van der Waals surface area contributed by atoms with E-state index in [0.29, 0.717) is 16.7 Å². The molecule has 0 bridgehead atoms. The normalized spacial score (nSPS) is 12.4. The minimum atomic E-state index is -2.37. The van der Waals surface area contributed by atoms with Crippen LogP contribution in [0.1, 0.15) is 31.4 Å². The maximum Gasteiger partial charge on any atom is 0.288 e. The van der Waals surface area contributed by atoms with Crippen molar-refractivity contribution in [3.63, 3.8) is 0 Å². The minimum absolute atomic E-state index is 0.241. The lowest BCUT2D eigenvalue weighted by Gasteiger charge is -2.20. The smallest absolute Gasteiger partial charge is 0.288 e. The number of nitrogens with one attached hydrogen (secondary N) is 1. The summed E-state index contributed by atoms with van der Waals surface area (Å²) in [5.41, 5.74) is 2.20. The molecule has 0 aliphatic heterocycles. The lowest BCUT2D eigenvalue weighted by Crippen LogP contribution is -2.10. The third-order valence-corrected chi connectivity index (χ3v) is 3.92. The predicted octanol–water partition coefficient (Wildman–Crippen LogP) is 5.95. The Kier molecular flexibility index (Phi) is 6.05. The van der Waals surface area contributed by atoms with Crippen LogP contribution in [0.15, 0.2) is 59.5 Å². The van der Waals surface area contributed by atoms with Crippen molar-refractivity contribution in [2.75, 3.05) is 5.32 Å². The maximum atomic E-state index is 12.3. The van der Waals surface area contributed by atoms with Crippen LogP contribution in [-0.2, 0) is 0 Å². The summed E-state index contributed by atoms with van der Waals surface area (Å²) < 4.78 is 24.6. The molecule has 0 heterocycles. The molecule has 0 saturated carbocycles. The molecule has 0 amide bonds. The Labute approximate surface area is 128 Å². The maximum absolute atomic E-state index is 12.3. The highest BCUT2D eigenvalue weighted by atomic mass is 32.2. The topological polar surface area (TPSA) is 12.0 Å². The molecule has 1 atom stereocenters. The van der Waals surface area contributed by atoms with E-state index < -0.39 is 5.76 Å². The average Bonchev–Trinajstić information content (AvgIpc) is 2.49. The second kappa shape index (κ2) is 8.03. The third-order valence-electron chi connectivity index (χ3n) is 3.20. The molecule has 0 aromatic heterocycles. The number of anilines is 1. The molecule has 0 spiro atoms. The van der Waals surface area contributed by atoms with Crippen molar-refractivity contribution in [2.45, 2.75) is 36.5 Å². The minimum Gasteiger partial charge on any atom is -0.378 e. The van der Waals surface area contributed by atoms with Crippen LogP contribution in [-0.4, -0.2) is 5.76 Å². The van der Waals surface area contributed by atoms with Crippen LogP contribution in [0, 0.1) is 0 Å². The first-order valence-corrected chi connectivity index (χ1v) is 7.93. The van der Waals surface area contributed by atoms with Crippen molar-refractivity contribution in [3.05, 3.63) is 60.2 Å². The number of benzene rings is 2. The first kappa shape index (κ1) is 15.8. The van der Waals surface area contributed by atoms with E-state index in [1.54, 1.807) is 12.1 Å². The van der Waals surface area contributed by atoms with Crippen LogP contribution in [0.2, 0.25) is 0 Å². The Balaban J connectivity index is 2.06. The summed E-state index contributed by atoms with van der Waals surface area (Å²) in [5, 5.41) is 3.48. The van der Waals surface area contributed by atoms with Gasteiger partial charge >= 0.3 is 0 Å². The van der Waals surface area contributed by atoms with E-state index in [1.165, 1.54) is 5.56 Å². The van der Waals surface area contributed by atoms with Gasteiger partial charge in [-0.15, -0.1) is 0 Å². The van der Waals surface area contributed by atoms with Crippen molar-refractivity contribution in [3.8, 4) is 0 Å². The van der Waals surface area contributed by atoms with Crippen LogP contribution < -0.4 is 5.32 Å². The fourth-order valence-electron chi connectivity index (χ4n) is 2.23. The summed E-state index contributed by atoms with van der Waals surface area (Å²) in [6.07, 6.45) is 2.10. The number of hydrogen-bond acceptors (Lipinski definition) is 2. The zero-order valence-electron chi connectivity index (χ0n) is 11.9. The standard InChI is InChI=1S/C17H19F2NS/c1-2-6-16(13-7-4-3-5-8-13)20-14-9-11-15(12-10-14)21-17(18)19/h3-5,7-12,16-17,20H,2,6H2,1H3. The second-order valence-electron chi connectivity index (χ2n) is 4.80. The Hall–Kier alpha value is -1.55. The SMILES string of the molecule is CCCC(Nc1ccc(SC(F)F)cc1)c1ccccc1. The highest BCUT2D eigenvalue weighted by molar-refractivity contribution is 7.99. The van der Waals surface area contributed by atoms with Gasteiger partial charge in [-0.3, -0.25) is 0 Å². The molecule has 2 rings (SSSR count). The summed E-state index contributed by atoms with van der Waals surface area (Å²) >= 11 is 0.572. The second-order valence-corrected chi connectivity index (χ2v) is 5.86. The lowest BCUT2D eigenvalue weighted by molar-refractivity contribution is 0.252. The third kappa shape index (κ3) is 5.05. The predicted molar refractivity (Wildman–Crippen MR) is 86.0 cm³/mol. The highest BCUT2D eigenvalue weighted by Crippen LogP contribution is 2.28. The van der Waals surface area contributed by atoms with Crippen molar-refractivity contribution in [1.82, 2.24) is 0 Å². The van der Waals surface area contributed by atoms with E-state index in [2.05, 4.69) is 24.4 Å². The molecule has 0 saturated heterocycles. The molecule has 4 heteroatoms. The highest BCUT2D eigenvalue weighted by Gasteiger charge is 2.10. The van der Waals surface area contributed by atoms with Gasteiger partial charge in [-0.2, -0.15) is 8.78 Å². The Bertz CT molecular complexity index is 528. The lowest BCUT2D eigenvalue weighted by atomic mass is 10.0. The molecular weight excluding hydrogens is 288 g/mol. The van der Waals surface area contributed by atoms with Crippen LogP contribution in [0.5, 0.6) is 0 Å². The molecule has 0 fully saturated rings. The molecule has 1 N–H and O–H groups in total. The van der Waals surface area contributed by atoms with Gasteiger partial charge in [0.15, 0.2) is 0 Å². The quantitative estimate of drug-likeness (QED) is 0.634. The van der Waals surface area contributed by atoms with Crippen molar-refractivity contribution < 1.29 is 8.78 Å². The molecule has 2 aromatic rings. The fourth-order valence-corrected chi connectivity index (χ4v) is 2.73. The summed E-state index contributed by atoms with van der Waals surface area (Å²) in [6, 6.07) is 17.7. The Morgan fingerprint density at radius 1 is 1.00 bits per heavy atom. The Morgan fingerprint density at radius 3 is 2.24 bits per heavy atom. The summed E-state index contributed by atoms with van der Waals surface area (Å²) in [4.78, 5) is 0.585. The van der Waals surface area contributed by atoms with Crippen molar-refractivity contribution in [1.29, 1.82) is 0 Å². The largest absolute Gasteiger partial charge is 0.378 e. The monoisotopic (exact) mass is 307 g/mol. The average molecular weight is 307 g/mol. The van der Waals surface area contributed by atoms with E-state index in [0.717, 1.165) is 18.5 Å². The van der Waals surface area contributed by atoms with Gasteiger partial charge in [0.05, 0.1) is 6.04 Å². The van der Waals surface area contributed by atoms with Crippen molar-refractivity contribution >= 4 is 17.4 Å². The van der Waals surface area contributed by atoms with Crippen LogP contribution >= 0.6 is 11.8 Å². The van der Waals surface area contributed by atoms with Gasteiger partial charge in [-0.05, 0) is 36.2 Å². The number of alkyl halides is 2. The van der Waals surface area contributed by atoms with Gasteiger partial charge in [-0.1, -0.05) is 55.4 Å². The van der Waals surface area contributed by atoms with Gasteiger partial charge in [0.25, 0.3) is 5.76 Å². The van der Waals surface area contributed by atoms with Gasteiger partial charge < -0.3 is 5.32 Å². The first-order chi connectivity index (χ1) is 10.2. The van der Waals surface area contributed by atoms with Gasteiger partial charge in [0.2, 0.25) is 0 Å². The summed E-state index contributed by atoms with van der Waals surface area (Å²) in [6.45, 7) is 2.15. The molecule has 21 heavy (non-hydrogen) atoms. The number of rotatable bonds is 7. The van der Waals surface area contributed by atoms with Crippen LogP contribution in [0.3, 0.4) is 0 Å². The molecule has 0 aliphatic carbocycles. The van der Waals surface area contributed by atoms with E-state index in [1.807, 2.05) is 30.3 Å².